The van der Waals surface area contributed by atoms with Crippen LogP contribution in [0.3, 0.4) is 0 Å². The van der Waals surface area contributed by atoms with E-state index in [1.54, 1.807) is 0 Å². The average molecular weight is 188 g/mol. The maximum absolute atomic E-state index is 13.7. The summed E-state index contributed by atoms with van der Waals surface area (Å²) in [5.74, 6) is 0. The van der Waals surface area contributed by atoms with E-state index in [-0.39, 0.29) is 5.41 Å². The molecule has 0 atom stereocenters. The van der Waals surface area contributed by atoms with Crippen molar-refractivity contribution in [3.8, 4) is 0 Å². The van der Waals surface area contributed by atoms with Crippen LogP contribution in [0.15, 0.2) is 0 Å². The van der Waals surface area contributed by atoms with Crippen molar-refractivity contribution in [3.05, 3.63) is 0 Å². The van der Waals surface area contributed by atoms with Crippen LogP contribution in [0.25, 0.3) is 0 Å². The Bertz CT molecular complexity index is 161. The summed E-state index contributed by atoms with van der Waals surface area (Å²) in [7, 11) is 0. The van der Waals surface area contributed by atoms with Crippen LogP contribution in [0.2, 0.25) is 0 Å². The Kier molecular flexibility index (Phi) is 3.33. The highest BCUT2D eigenvalue weighted by Crippen LogP contribution is 2.38. The van der Waals surface area contributed by atoms with Crippen LogP contribution in [-0.4, -0.2) is 18.9 Å². The van der Waals surface area contributed by atoms with Gasteiger partial charge in [0.2, 0.25) is 0 Å². The van der Waals surface area contributed by atoms with Crippen molar-refractivity contribution < 1.29 is 9.13 Å². The first-order chi connectivity index (χ1) is 5.97. The van der Waals surface area contributed by atoms with Gasteiger partial charge < -0.3 is 4.74 Å². The lowest BCUT2D eigenvalue weighted by atomic mass is 9.77. The topological polar surface area (TPSA) is 9.23 Å². The molecule has 0 unspecified atom stereocenters. The molecule has 0 amide bonds. The summed E-state index contributed by atoms with van der Waals surface area (Å²) < 4.78 is 18.6. The Morgan fingerprint density at radius 1 is 1.38 bits per heavy atom. The molecular weight excluding hydrogens is 167 g/mol. The lowest BCUT2D eigenvalue weighted by molar-refractivity contribution is -0.147. The van der Waals surface area contributed by atoms with Crippen molar-refractivity contribution in [3.63, 3.8) is 0 Å². The molecule has 0 aromatic heterocycles. The van der Waals surface area contributed by atoms with Crippen LogP contribution in [0, 0.1) is 5.41 Å². The summed E-state index contributed by atoms with van der Waals surface area (Å²) in [5.41, 5.74) is -0.883. The van der Waals surface area contributed by atoms with Gasteiger partial charge in [-0.25, -0.2) is 4.39 Å². The third-order valence-electron chi connectivity index (χ3n) is 2.72. The molecule has 0 N–H and O–H groups in total. The smallest absolute Gasteiger partial charge is 0.157 e. The molecule has 0 radical (unpaired) electrons. The maximum Gasteiger partial charge on any atom is 0.157 e. The number of alkyl halides is 1. The number of hydrogen-bond donors (Lipinski definition) is 0. The van der Waals surface area contributed by atoms with Gasteiger partial charge in [-0.3, -0.25) is 0 Å². The number of ether oxygens (including phenoxy) is 1. The second-order valence-electron chi connectivity index (χ2n) is 5.09. The van der Waals surface area contributed by atoms with E-state index in [4.69, 9.17) is 4.74 Å². The van der Waals surface area contributed by atoms with Crippen molar-refractivity contribution >= 4 is 0 Å². The number of unbranched alkanes of at least 4 members (excludes halogenated alkanes) is 1. The van der Waals surface area contributed by atoms with Gasteiger partial charge in [-0.15, -0.1) is 0 Å². The van der Waals surface area contributed by atoms with Gasteiger partial charge in [0.1, 0.15) is 0 Å². The molecule has 1 nitrogen and oxygen atoms in total. The van der Waals surface area contributed by atoms with Crippen LogP contribution < -0.4 is 0 Å². The zero-order valence-electron chi connectivity index (χ0n) is 9.03. The van der Waals surface area contributed by atoms with Crippen molar-refractivity contribution in [2.45, 2.75) is 52.1 Å². The van der Waals surface area contributed by atoms with E-state index in [0.717, 1.165) is 6.42 Å². The SMILES string of the molecule is CCCCC(C)(C)CC1(F)COC1. The Hall–Kier alpha value is -0.110. The van der Waals surface area contributed by atoms with Crippen molar-refractivity contribution in [1.82, 2.24) is 0 Å². The molecule has 1 fully saturated rings. The van der Waals surface area contributed by atoms with Gasteiger partial charge in [-0.05, 0) is 18.3 Å². The van der Waals surface area contributed by atoms with E-state index < -0.39 is 5.67 Å². The van der Waals surface area contributed by atoms with Gasteiger partial charge in [0, 0.05) is 0 Å². The fourth-order valence-electron chi connectivity index (χ4n) is 2.03. The van der Waals surface area contributed by atoms with Crippen LogP contribution in [0.1, 0.15) is 46.5 Å². The van der Waals surface area contributed by atoms with Crippen LogP contribution in [-0.2, 0) is 4.74 Å². The minimum absolute atomic E-state index is 0.133. The highest BCUT2D eigenvalue weighted by molar-refractivity contribution is 4.91. The molecule has 0 aromatic carbocycles. The molecule has 78 valence electrons. The molecule has 1 aliphatic rings. The second kappa shape index (κ2) is 3.95. The predicted molar refractivity (Wildman–Crippen MR) is 52.6 cm³/mol. The van der Waals surface area contributed by atoms with Gasteiger partial charge in [0.05, 0.1) is 13.2 Å². The zero-order valence-corrected chi connectivity index (χ0v) is 9.03. The quantitative estimate of drug-likeness (QED) is 0.643. The molecule has 2 heteroatoms. The molecule has 1 heterocycles. The molecule has 1 rings (SSSR count). The molecule has 0 saturated carbocycles. The normalized spacial score (nSPS) is 21.2. The van der Waals surface area contributed by atoms with E-state index in [1.807, 2.05) is 0 Å². The molecule has 0 aromatic rings. The minimum Gasteiger partial charge on any atom is -0.375 e. The minimum atomic E-state index is -1.02. The number of hydrogen-bond acceptors (Lipinski definition) is 1. The Labute approximate surface area is 80.7 Å². The lowest BCUT2D eigenvalue weighted by Gasteiger charge is -2.39. The van der Waals surface area contributed by atoms with E-state index in [0.29, 0.717) is 19.6 Å². The van der Waals surface area contributed by atoms with Crippen LogP contribution >= 0.6 is 0 Å². The molecule has 13 heavy (non-hydrogen) atoms. The summed E-state index contributed by atoms with van der Waals surface area (Å²) in [6, 6.07) is 0. The molecule has 1 aliphatic heterocycles. The number of rotatable bonds is 5. The summed E-state index contributed by atoms with van der Waals surface area (Å²) in [5, 5.41) is 0. The van der Waals surface area contributed by atoms with E-state index in [2.05, 4.69) is 20.8 Å². The highest BCUT2D eigenvalue weighted by atomic mass is 19.1. The zero-order chi connectivity index (χ0) is 9.95. The molecule has 1 saturated heterocycles. The first kappa shape index (κ1) is 11.0. The maximum atomic E-state index is 13.7. The summed E-state index contributed by atoms with van der Waals surface area (Å²) in [6.45, 7) is 7.10. The van der Waals surface area contributed by atoms with Gasteiger partial charge in [0.15, 0.2) is 5.67 Å². The van der Waals surface area contributed by atoms with Gasteiger partial charge in [0.25, 0.3) is 0 Å². The molecular formula is C11H21FO. The van der Waals surface area contributed by atoms with Crippen molar-refractivity contribution in [2.75, 3.05) is 13.2 Å². The monoisotopic (exact) mass is 188 g/mol. The van der Waals surface area contributed by atoms with E-state index in [9.17, 15) is 4.39 Å². The van der Waals surface area contributed by atoms with E-state index in [1.165, 1.54) is 12.8 Å². The largest absolute Gasteiger partial charge is 0.375 e. The van der Waals surface area contributed by atoms with Gasteiger partial charge in [-0.1, -0.05) is 33.6 Å². The van der Waals surface area contributed by atoms with E-state index >= 15 is 0 Å². The molecule has 0 aliphatic carbocycles. The molecule has 0 spiro atoms. The fraction of sp³-hybridized carbons (Fsp3) is 1.00. The first-order valence-corrected chi connectivity index (χ1v) is 5.24. The average Bonchev–Trinajstić information content (AvgIpc) is 1.97. The third-order valence-corrected chi connectivity index (χ3v) is 2.72. The lowest BCUT2D eigenvalue weighted by Crippen LogP contribution is -2.48. The summed E-state index contributed by atoms with van der Waals surface area (Å²) in [4.78, 5) is 0. The summed E-state index contributed by atoms with van der Waals surface area (Å²) >= 11 is 0. The first-order valence-electron chi connectivity index (χ1n) is 5.24. The third kappa shape index (κ3) is 3.26. The van der Waals surface area contributed by atoms with Crippen molar-refractivity contribution in [1.29, 1.82) is 0 Å². The summed E-state index contributed by atoms with van der Waals surface area (Å²) in [6.07, 6.45) is 4.17. The predicted octanol–water partition coefficient (Wildman–Crippen LogP) is 3.33. The Balaban J connectivity index is 2.32. The molecule has 0 bridgehead atoms. The fourth-order valence-corrected chi connectivity index (χ4v) is 2.03. The van der Waals surface area contributed by atoms with Gasteiger partial charge in [-0.2, -0.15) is 0 Å². The number of halogens is 1. The Morgan fingerprint density at radius 3 is 2.38 bits per heavy atom. The highest BCUT2D eigenvalue weighted by Gasteiger charge is 2.42. The standard InChI is InChI=1S/C11H21FO/c1-4-5-6-10(2,3)7-11(12)8-13-9-11/h4-9H2,1-3H3. The Morgan fingerprint density at radius 2 is 2.00 bits per heavy atom. The van der Waals surface area contributed by atoms with Gasteiger partial charge >= 0.3 is 0 Å². The van der Waals surface area contributed by atoms with Crippen LogP contribution in [0.4, 0.5) is 4.39 Å². The van der Waals surface area contributed by atoms with Crippen molar-refractivity contribution in [2.24, 2.45) is 5.41 Å². The van der Waals surface area contributed by atoms with Crippen LogP contribution in [0.5, 0.6) is 0 Å². The second-order valence-corrected chi connectivity index (χ2v) is 5.09.